The Morgan fingerprint density at radius 1 is 1.41 bits per heavy atom. The van der Waals surface area contributed by atoms with Crippen LogP contribution in [0.4, 0.5) is 0 Å². The molecule has 1 atom stereocenters. The highest BCUT2D eigenvalue weighted by atomic mass is 32.2. The standard InChI is InChI=1S/C11H24N2O3S/c1-9(17(4,15)16)10(14)13-8-11(2,3)6-5-7-12/h9H,5-8,12H2,1-4H3,(H,13,14). The van der Waals surface area contributed by atoms with E-state index in [9.17, 15) is 13.2 Å². The minimum atomic E-state index is -3.32. The normalized spacial score (nSPS) is 14.4. The molecule has 0 aromatic heterocycles. The summed E-state index contributed by atoms with van der Waals surface area (Å²) >= 11 is 0. The molecule has 0 rings (SSSR count). The Hall–Kier alpha value is -0.620. The fraction of sp³-hybridized carbons (Fsp3) is 0.909. The van der Waals surface area contributed by atoms with Crippen molar-refractivity contribution in [3.05, 3.63) is 0 Å². The molecule has 5 nitrogen and oxygen atoms in total. The van der Waals surface area contributed by atoms with E-state index < -0.39 is 21.0 Å². The molecule has 0 aromatic rings. The zero-order valence-corrected chi connectivity index (χ0v) is 11.9. The third kappa shape index (κ3) is 6.63. The number of hydrogen-bond acceptors (Lipinski definition) is 4. The number of nitrogens with one attached hydrogen (secondary N) is 1. The van der Waals surface area contributed by atoms with Gasteiger partial charge in [0.05, 0.1) is 0 Å². The summed E-state index contributed by atoms with van der Waals surface area (Å²) in [7, 11) is -3.32. The minimum Gasteiger partial charge on any atom is -0.354 e. The van der Waals surface area contributed by atoms with Crippen molar-refractivity contribution in [2.75, 3.05) is 19.3 Å². The fourth-order valence-electron chi connectivity index (χ4n) is 1.33. The van der Waals surface area contributed by atoms with Gasteiger partial charge in [0.15, 0.2) is 9.84 Å². The second-order valence-electron chi connectivity index (χ2n) is 5.25. The monoisotopic (exact) mass is 264 g/mol. The first-order valence-corrected chi connectivity index (χ1v) is 7.72. The van der Waals surface area contributed by atoms with Crippen LogP contribution >= 0.6 is 0 Å². The molecule has 1 unspecified atom stereocenters. The average Bonchev–Trinajstić information content (AvgIpc) is 2.21. The first kappa shape index (κ1) is 16.4. The van der Waals surface area contributed by atoms with Crippen molar-refractivity contribution < 1.29 is 13.2 Å². The van der Waals surface area contributed by atoms with Crippen molar-refractivity contribution in [2.24, 2.45) is 11.1 Å². The first-order valence-electron chi connectivity index (χ1n) is 5.77. The van der Waals surface area contributed by atoms with Crippen LogP contribution in [0.25, 0.3) is 0 Å². The molecule has 0 aliphatic rings. The van der Waals surface area contributed by atoms with Gasteiger partial charge in [-0.05, 0) is 31.7 Å². The van der Waals surface area contributed by atoms with Crippen LogP contribution in [0, 0.1) is 5.41 Å². The molecule has 0 saturated carbocycles. The van der Waals surface area contributed by atoms with Crippen molar-refractivity contribution >= 4 is 15.7 Å². The van der Waals surface area contributed by atoms with Crippen molar-refractivity contribution in [3.8, 4) is 0 Å². The van der Waals surface area contributed by atoms with Gasteiger partial charge >= 0.3 is 0 Å². The largest absolute Gasteiger partial charge is 0.354 e. The van der Waals surface area contributed by atoms with Crippen LogP contribution in [0.3, 0.4) is 0 Å². The average molecular weight is 264 g/mol. The van der Waals surface area contributed by atoms with Crippen LogP contribution in [0.1, 0.15) is 33.6 Å². The van der Waals surface area contributed by atoms with Crippen molar-refractivity contribution in [3.63, 3.8) is 0 Å². The summed E-state index contributed by atoms with van der Waals surface area (Å²) in [6, 6.07) is 0. The van der Waals surface area contributed by atoms with E-state index in [1.807, 2.05) is 13.8 Å². The number of amides is 1. The zero-order chi connectivity index (χ0) is 13.7. The lowest BCUT2D eigenvalue weighted by Crippen LogP contribution is -2.41. The summed E-state index contributed by atoms with van der Waals surface area (Å²) in [6.45, 7) is 6.53. The summed E-state index contributed by atoms with van der Waals surface area (Å²) in [5.74, 6) is -0.437. The molecule has 0 fully saturated rings. The quantitative estimate of drug-likeness (QED) is 0.692. The summed E-state index contributed by atoms with van der Waals surface area (Å²) < 4.78 is 22.4. The molecule has 0 radical (unpaired) electrons. The van der Waals surface area contributed by atoms with E-state index in [4.69, 9.17) is 5.73 Å². The van der Waals surface area contributed by atoms with E-state index >= 15 is 0 Å². The zero-order valence-electron chi connectivity index (χ0n) is 11.1. The Morgan fingerprint density at radius 2 is 1.94 bits per heavy atom. The molecular weight excluding hydrogens is 240 g/mol. The van der Waals surface area contributed by atoms with Gasteiger partial charge in [-0.2, -0.15) is 0 Å². The number of hydrogen-bond donors (Lipinski definition) is 2. The summed E-state index contributed by atoms with van der Waals surface area (Å²) in [5.41, 5.74) is 5.37. The topological polar surface area (TPSA) is 89.3 Å². The molecule has 0 aromatic carbocycles. The highest BCUT2D eigenvalue weighted by molar-refractivity contribution is 7.92. The molecule has 102 valence electrons. The molecule has 1 amide bonds. The van der Waals surface area contributed by atoms with Gasteiger partial charge in [-0.25, -0.2) is 8.42 Å². The van der Waals surface area contributed by atoms with Crippen LogP contribution in [-0.2, 0) is 14.6 Å². The van der Waals surface area contributed by atoms with Crippen LogP contribution in [0.2, 0.25) is 0 Å². The molecule has 0 bridgehead atoms. The van der Waals surface area contributed by atoms with Crippen LogP contribution in [0.15, 0.2) is 0 Å². The van der Waals surface area contributed by atoms with Gasteiger partial charge in [-0.15, -0.1) is 0 Å². The lowest BCUT2D eigenvalue weighted by Gasteiger charge is -2.25. The van der Waals surface area contributed by atoms with Gasteiger partial charge in [-0.3, -0.25) is 4.79 Å². The summed E-state index contributed by atoms with van der Waals surface area (Å²) in [4.78, 5) is 11.6. The SMILES string of the molecule is CC(C(=O)NCC(C)(C)CCCN)S(C)(=O)=O. The van der Waals surface area contributed by atoms with E-state index in [-0.39, 0.29) is 5.41 Å². The van der Waals surface area contributed by atoms with E-state index in [1.165, 1.54) is 6.92 Å². The van der Waals surface area contributed by atoms with Gasteiger partial charge < -0.3 is 11.1 Å². The number of carbonyl (C=O) groups excluding carboxylic acids is 1. The van der Waals surface area contributed by atoms with E-state index in [0.29, 0.717) is 13.1 Å². The van der Waals surface area contributed by atoms with Gasteiger partial charge in [0.25, 0.3) is 0 Å². The number of rotatable bonds is 7. The van der Waals surface area contributed by atoms with E-state index in [0.717, 1.165) is 19.1 Å². The number of carbonyl (C=O) groups is 1. The first-order chi connectivity index (χ1) is 7.60. The van der Waals surface area contributed by atoms with E-state index in [1.54, 1.807) is 0 Å². The molecule has 0 aliphatic heterocycles. The molecule has 17 heavy (non-hydrogen) atoms. The maximum absolute atomic E-state index is 11.6. The number of nitrogens with two attached hydrogens (primary N) is 1. The van der Waals surface area contributed by atoms with Gasteiger partial charge in [-0.1, -0.05) is 13.8 Å². The summed E-state index contributed by atoms with van der Waals surface area (Å²) in [6.07, 6.45) is 2.86. The fourth-order valence-corrected chi connectivity index (χ4v) is 1.81. The van der Waals surface area contributed by atoms with Crippen LogP contribution < -0.4 is 11.1 Å². The highest BCUT2D eigenvalue weighted by Gasteiger charge is 2.25. The second kappa shape index (κ2) is 6.35. The molecule has 0 aliphatic carbocycles. The Kier molecular flexibility index (Phi) is 6.12. The lowest BCUT2D eigenvalue weighted by molar-refractivity contribution is -0.120. The number of sulfone groups is 1. The van der Waals surface area contributed by atoms with Crippen LogP contribution in [0.5, 0.6) is 0 Å². The molecule has 0 saturated heterocycles. The van der Waals surface area contributed by atoms with Crippen molar-refractivity contribution in [1.82, 2.24) is 5.32 Å². The predicted octanol–water partition coefficient (Wildman–Crippen LogP) is 0.301. The maximum Gasteiger partial charge on any atom is 0.238 e. The Morgan fingerprint density at radius 3 is 2.35 bits per heavy atom. The Bertz CT molecular complexity index is 350. The molecular formula is C11H24N2O3S. The minimum absolute atomic E-state index is 0.0632. The third-order valence-corrected chi connectivity index (χ3v) is 4.31. The predicted molar refractivity (Wildman–Crippen MR) is 69.4 cm³/mol. The van der Waals surface area contributed by atoms with Crippen molar-refractivity contribution in [2.45, 2.75) is 38.9 Å². The third-order valence-electron chi connectivity index (χ3n) is 2.81. The summed E-state index contributed by atoms with van der Waals surface area (Å²) in [5, 5.41) is 1.69. The highest BCUT2D eigenvalue weighted by Crippen LogP contribution is 2.20. The smallest absolute Gasteiger partial charge is 0.238 e. The lowest BCUT2D eigenvalue weighted by atomic mass is 9.88. The Labute approximate surface area is 104 Å². The Balaban J connectivity index is 4.25. The second-order valence-corrected chi connectivity index (χ2v) is 7.61. The van der Waals surface area contributed by atoms with E-state index in [2.05, 4.69) is 5.32 Å². The molecule has 0 heterocycles. The molecule has 6 heteroatoms. The molecule has 0 spiro atoms. The van der Waals surface area contributed by atoms with Gasteiger partial charge in [0.1, 0.15) is 5.25 Å². The van der Waals surface area contributed by atoms with Gasteiger partial charge in [0.2, 0.25) is 5.91 Å². The van der Waals surface area contributed by atoms with Gasteiger partial charge in [0, 0.05) is 12.8 Å². The van der Waals surface area contributed by atoms with Crippen molar-refractivity contribution in [1.29, 1.82) is 0 Å². The maximum atomic E-state index is 11.6. The molecule has 3 N–H and O–H groups in total. The van der Waals surface area contributed by atoms with Crippen LogP contribution in [-0.4, -0.2) is 38.9 Å².